The van der Waals surface area contributed by atoms with Gasteiger partial charge in [0.25, 0.3) is 0 Å². The number of aromatic nitrogens is 1. The Bertz CT molecular complexity index is 836. The van der Waals surface area contributed by atoms with Crippen molar-refractivity contribution in [1.82, 2.24) is 4.98 Å². The standard InChI is InChI=1S/C22H24FNO2/c1-4-25-14-13-20-21(17-7-5-16(6-8-17)15(2)3)26-22(24-20)18-9-11-19(23)12-10-18/h5-12,15H,4,13-14H2,1-3H3. The van der Waals surface area contributed by atoms with Crippen LogP contribution < -0.4 is 0 Å². The molecule has 0 amide bonds. The molecule has 0 aliphatic rings. The first-order valence-electron chi connectivity index (χ1n) is 9.02. The Balaban J connectivity index is 1.96. The fourth-order valence-electron chi connectivity index (χ4n) is 2.80. The van der Waals surface area contributed by atoms with Crippen LogP contribution >= 0.6 is 0 Å². The maximum atomic E-state index is 13.2. The molecule has 0 unspecified atom stereocenters. The summed E-state index contributed by atoms with van der Waals surface area (Å²) in [5, 5.41) is 0. The highest BCUT2D eigenvalue weighted by atomic mass is 19.1. The smallest absolute Gasteiger partial charge is 0.227 e. The molecule has 1 aromatic heterocycles. The average Bonchev–Trinajstić information content (AvgIpc) is 3.07. The minimum Gasteiger partial charge on any atom is -0.436 e. The molecule has 0 spiro atoms. The molecule has 0 N–H and O–H groups in total. The molecular weight excluding hydrogens is 329 g/mol. The summed E-state index contributed by atoms with van der Waals surface area (Å²) in [5.41, 5.74) is 3.88. The lowest BCUT2D eigenvalue weighted by Crippen LogP contribution is -1.99. The SMILES string of the molecule is CCOCCc1nc(-c2ccc(F)cc2)oc1-c1ccc(C(C)C)cc1. The van der Waals surface area contributed by atoms with Crippen molar-refractivity contribution >= 4 is 0 Å². The molecule has 1 heterocycles. The van der Waals surface area contributed by atoms with Crippen molar-refractivity contribution in [2.24, 2.45) is 0 Å². The van der Waals surface area contributed by atoms with Crippen molar-refractivity contribution in [2.75, 3.05) is 13.2 Å². The summed E-state index contributed by atoms with van der Waals surface area (Å²) < 4.78 is 24.7. The highest BCUT2D eigenvalue weighted by Gasteiger charge is 2.16. The monoisotopic (exact) mass is 353 g/mol. The van der Waals surface area contributed by atoms with Gasteiger partial charge in [0.05, 0.1) is 12.3 Å². The van der Waals surface area contributed by atoms with Crippen LogP contribution in [0, 0.1) is 5.82 Å². The predicted octanol–water partition coefficient (Wildman–Crippen LogP) is 5.85. The molecule has 0 atom stereocenters. The van der Waals surface area contributed by atoms with Crippen LogP contribution in [0.25, 0.3) is 22.8 Å². The number of nitrogens with zero attached hydrogens (tertiary/aromatic N) is 1. The Hall–Kier alpha value is -2.46. The largest absolute Gasteiger partial charge is 0.436 e. The summed E-state index contributed by atoms with van der Waals surface area (Å²) in [6.07, 6.45) is 0.666. The third-order valence-corrected chi connectivity index (χ3v) is 4.32. The fourth-order valence-corrected chi connectivity index (χ4v) is 2.80. The zero-order valence-electron chi connectivity index (χ0n) is 15.5. The Morgan fingerprint density at radius 2 is 1.65 bits per heavy atom. The van der Waals surface area contributed by atoms with E-state index in [0.29, 0.717) is 31.4 Å². The zero-order chi connectivity index (χ0) is 18.5. The Morgan fingerprint density at radius 3 is 2.27 bits per heavy atom. The third-order valence-electron chi connectivity index (χ3n) is 4.32. The second kappa shape index (κ2) is 8.28. The van der Waals surface area contributed by atoms with E-state index in [2.05, 4.69) is 43.1 Å². The summed E-state index contributed by atoms with van der Waals surface area (Å²) in [4.78, 5) is 4.65. The molecular formula is C22H24FNO2. The van der Waals surface area contributed by atoms with Gasteiger partial charge in [0.2, 0.25) is 5.89 Å². The van der Waals surface area contributed by atoms with Crippen molar-refractivity contribution in [3.63, 3.8) is 0 Å². The number of rotatable bonds is 7. The van der Waals surface area contributed by atoms with E-state index >= 15 is 0 Å². The average molecular weight is 353 g/mol. The first-order valence-corrected chi connectivity index (χ1v) is 9.02. The number of benzene rings is 2. The molecule has 0 saturated carbocycles. The zero-order valence-corrected chi connectivity index (χ0v) is 15.5. The van der Waals surface area contributed by atoms with Crippen LogP contribution in [0.15, 0.2) is 52.9 Å². The molecule has 0 saturated heterocycles. The molecule has 3 aromatic rings. The van der Waals surface area contributed by atoms with Gasteiger partial charge >= 0.3 is 0 Å². The Morgan fingerprint density at radius 1 is 1.00 bits per heavy atom. The van der Waals surface area contributed by atoms with Gasteiger partial charge in [-0.15, -0.1) is 0 Å². The van der Waals surface area contributed by atoms with Crippen LogP contribution in [0.1, 0.15) is 37.9 Å². The van der Waals surface area contributed by atoms with Crippen molar-refractivity contribution in [2.45, 2.75) is 33.1 Å². The van der Waals surface area contributed by atoms with Gasteiger partial charge in [-0.1, -0.05) is 38.1 Å². The van der Waals surface area contributed by atoms with Crippen LogP contribution in [0.4, 0.5) is 4.39 Å². The van der Waals surface area contributed by atoms with Crippen LogP contribution in [0.2, 0.25) is 0 Å². The first-order chi connectivity index (χ1) is 12.6. The van der Waals surface area contributed by atoms with Gasteiger partial charge in [0.1, 0.15) is 5.82 Å². The summed E-state index contributed by atoms with van der Waals surface area (Å²) in [6, 6.07) is 14.5. The second-order valence-electron chi connectivity index (χ2n) is 6.53. The number of hydrogen-bond acceptors (Lipinski definition) is 3. The number of hydrogen-bond donors (Lipinski definition) is 0. The van der Waals surface area contributed by atoms with E-state index in [9.17, 15) is 4.39 Å². The summed E-state index contributed by atoms with van der Waals surface area (Å²) in [5.74, 6) is 1.45. The molecule has 26 heavy (non-hydrogen) atoms. The van der Waals surface area contributed by atoms with Gasteiger partial charge in [0.15, 0.2) is 5.76 Å². The van der Waals surface area contributed by atoms with Crippen LogP contribution in [-0.2, 0) is 11.2 Å². The minimum atomic E-state index is -0.277. The van der Waals surface area contributed by atoms with Crippen LogP contribution in [0.5, 0.6) is 0 Å². The summed E-state index contributed by atoms with van der Waals surface area (Å²) >= 11 is 0. The summed E-state index contributed by atoms with van der Waals surface area (Å²) in [6.45, 7) is 7.57. The molecule has 4 heteroatoms. The van der Waals surface area contributed by atoms with E-state index in [0.717, 1.165) is 22.6 Å². The first kappa shape index (κ1) is 18.3. The third kappa shape index (κ3) is 4.20. The van der Waals surface area contributed by atoms with E-state index in [-0.39, 0.29) is 5.82 Å². The lowest BCUT2D eigenvalue weighted by Gasteiger charge is -2.06. The normalized spacial score (nSPS) is 11.3. The quantitative estimate of drug-likeness (QED) is 0.500. The molecule has 0 fully saturated rings. The van der Waals surface area contributed by atoms with Crippen LogP contribution in [0.3, 0.4) is 0 Å². The molecule has 3 nitrogen and oxygen atoms in total. The lowest BCUT2D eigenvalue weighted by atomic mass is 10.0. The van der Waals surface area contributed by atoms with Gasteiger partial charge < -0.3 is 9.15 Å². The fraction of sp³-hybridized carbons (Fsp3) is 0.318. The van der Waals surface area contributed by atoms with Crippen molar-refractivity contribution < 1.29 is 13.5 Å². The van der Waals surface area contributed by atoms with E-state index in [1.54, 1.807) is 12.1 Å². The molecule has 0 radical (unpaired) electrons. The molecule has 0 aliphatic heterocycles. The Kier molecular flexibility index (Phi) is 5.84. The van der Waals surface area contributed by atoms with Gasteiger partial charge in [-0.2, -0.15) is 0 Å². The number of halogens is 1. The summed E-state index contributed by atoms with van der Waals surface area (Å²) in [7, 11) is 0. The Labute approximate surface area is 153 Å². The molecule has 3 rings (SSSR count). The molecule has 136 valence electrons. The highest BCUT2D eigenvalue weighted by Crippen LogP contribution is 2.31. The van der Waals surface area contributed by atoms with E-state index < -0.39 is 0 Å². The molecule has 2 aromatic carbocycles. The molecule has 0 aliphatic carbocycles. The van der Waals surface area contributed by atoms with Crippen LogP contribution in [-0.4, -0.2) is 18.2 Å². The van der Waals surface area contributed by atoms with E-state index in [1.807, 2.05) is 6.92 Å². The lowest BCUT2D eigenvalue weighted by molar-refractivity contribution is 0.150. The predicted molar refractivity (Wildman–Crippen MR) is 102 cm³/mol. The molecule has 0 bridgehead atoms. The van der Waals surface area contributed by atoms with Gasteiger partial charge in [-0.3, -0.25) is 0 Å². The maximum Gasteiger partial charge on any atom is 0.227 e. The number of oxazole rings is 1. The van der Waals surface area contributed by atoms with Gasteiger partial charge in [0, 0.05) is 24.2 Å². The topological polar surface area (TPSA) is 35.3 Å². The van der Waals surface area contributed by atoms with Crippen molar-refractivity contribution in [3.05, 3.63) is 65.6 Å². The minimum absolute atomic E-state index is 0.277. The van der Waals surface area contributed by atoms with Gasteiger partial charge in [-0.25, -0.2) is 9.37 Å². The number of ether oxygens (including phenoxy) is 1. The highest BCUT2D eigenvalue weighted by molar-refractivity contribution is 5.64. The van der Waals surface area contributed by atoms with E-state index in [4.69, 9.17) is 9.15 Å². The maximum absolute atomic E-state index is 13.2. The van der Waals surface area contributed by atoms with E-state index in [1.165, 1.54) is 17.7 Å². The van der Waals surface area contributed by atoms with Crippen molar-refractivity contribution in [3.8, 4) is 22.8 Å². The van der Waals surface area contributed by atoms with Gasteiger partial charge in [-0.05, 0) is 42.7 Å². The van der Waals surface area contributed by atoms with Crippen molar-refractivity contribution in [1.29, 1.82) is 0 Å². The second-order valence-corrected chi connectivity index (χ2v) is 6.53.